The highest BCUT2D eigenvalue weighted by Gasteiger charge is 2.18. The SMILES string of the molecule is COC(C)(C)CCS(=O)c1cc(C)ccc1N. The number of rotatable bonds is 5. The molecule has 0 spiro atoms. The first kappa shape index (κ1) is 14.2. The van der Waals surface area contributed by atoms with E-state index in [-0.39, 0.29) is 5.60 Å². The molecule has 0 saturated heterocycles. The summed E-state index contributed by atoms with van der Waals surface area (Å²) < 4.78 is 17.5. The second-order valence-electron chi connectivity index (χ2n) is 4.80. The molecule has 3 nitrogen and oxygen atoms in total. The summed E-state index contributed by atoms with van der Waals surface area (Å²) in [6.07, 6.45) is 0.740. The molecule has 1 aromatic rings. The average Bonchev–Trinajstić information content (AvgIpc) is 2.29. The van der Waals surface area contributed by atoms with Crippen LogP contribution in [0.5, 0.6) is 0 Å². The molecule has 4 heteroatoms. The summed E-state index contributed by atoms with van der Waals surface area (Å²) in [4.78, 5) is 0.733. The molecular formula is C13H21NO2S. The van der Waals surface area contributed by atoms with E-state index in [2.05, 4.69) is 0 Å². The molecule has 0 fully saturated rings. The summed E-state index contributed by atoms with van der Waals surface area (Å²) in [5.74, 6) is 0.564. The molecule has 2 N–H and O–H groups in total. The van der Waals surface area contributed by atoms with E-state index < -0.39 is 10.8 Å². The van der Waals surface area contributed by atoms with Gasteiger partial charge in [0.25, 0.3) is 0 Å². The molecule has 0 radical (unpaired) electrons. The molecule has 96 valence electrons. The van der Waals surface area contributed by atoms with Crippen molar-refractivity contribution in [1.82, 2.24) is 0 Å². The summed E-state index contributed by atoms with van der Waals surface area (Å²) in [5, 5.41) is 0. The Labute approximate surface area is 106 Å². The Kier molecular flexibility index (Phi) is 4.71. The zero-order valence-electron chi connectivity index (χ0n) is 10.9. The third-order valence-electron chi connectivity index (χ3n) is 2.86. The largest absolute Gasteiger partial charge is 0.398 e. The zero-order valence-corrected chi connectivity index (χ0v) is 11.8. The molecule has 0 aliphatic heterocycles. The molecule has 0 bridgehead atoms. The van der Waals surface area contributed by atoms with E-state index in [1.54, 1.807) is 7.11 Å². The minimum absolute atomic E-state index is 0.242. The van der Waals surface area contributed by atoms with E-state index in [1.165, 1.54) is 0 Å². The normalized spacial score (nSPS) is 13.6. The van der Waals surface area contributed by atoms with Gasteiger partial charge in [-0.2, -0.15) is 0 Å². The number of hydrogen-bond acceptors (Lipinski definition) is 3. The van der Waals surface area contributed by atoms with Crippen LogP contribution in [0, 0.1) is 6.92 Å². The quantitative estimate of drug-likeness (QED) is 0.822. The lowest BCUT2D eigenvalue weighted by Crippen LogP contribution is -2.25. The average molecular weight is 255 g/mol. The van der Waals surface area contributed by atoms with Crippen molar-refractivity contribution in [2.24, 2.45) is 0 Å². The maximum absolute atomic E-state index is 12.2. The Morgan fingerprint density at radius 3 is 2.65 bits per heavy atom. The Morgan fingerprint density at radius 2 is 2.06 bits per heavy atom. The first-order valence-electron chi connectivity index (χ1n) is 5.65. The van der Waals surface area contributed by atoms with Crippen LogP contribution in [0.15, 0.2) is 23.1 Å². The van der Waals surface area contributed by atoms with Crippen LogP contribution >= 0.6 is 0 Å². The standard InChI is InChI=1S/C13H21NO2S/c1-10-5-6-11(14)12(9-10)17(15)8-7-13(2,3)16-4/h5-6,9H,7-8,14H2,1-4H3. The topological polar surface area (TPSA) is 52.3 Å². The number of methoxy groups -OCH3 is 1. The summed E-state index contributed by atoms with van der Waals surface area (Å²) in [7, 11) is 0.612. The maximum atomic E-state index is 12.2. The number of nitrogen functional groups attached to an aromatic ring is 1. The fourth-order valence-corrected chi connectivity index (χ4v) is 2.93. The highest BCUT2D eigenvalue weighted by Crippen LogP contribution is 2.21. The molecule has 1 unspecified atom stereocenters. The van der Waals surface area contributed by atoms with Crippen LogP contribution in [0.4, 0.5) is 5.69 Å². The smallest absolute Gasteiger partial charge is 0.0631 e. The molecule has 0 amide bonds. The molecule has 1 rings (SSSR count). The summed E-state index contributed by atoms with van der Waals surface area (Å²) in [5.41, 5.74) is 7.27. The lowest BCUT2D eigenvalue weighted by Gasteiger charge is -2.22. The van der Waals surface area contributed by atoms with E-state index in [1.807, 2.05) is 39.0 Å². The van der Waals surface area contributed by atoms with Crippen molar-refractivity contribution in [2.75, 3.05) is 18.6 Å². The first-order chi connectivity index (χ1) is 7.85. The molecule has 0 saturated carbocycles. The number of nitrogens with two attached hydrogens (primary N) is 1. The Morgan fingerprint density at radius 1 is 1.41 bits per heavy atom. The predicted octanol–water partition coefficient (Wildman–Crippen LogP) is 2.50. The van der Waals surface area contributed by atoms with Gasteiger partial charge in [-0.1, -0.05) is 6.07 Å². The van der Waals surface area contributed by atoms with Crippen molar-refractivity contribution in [1.29, 1.82) is 0 Å². The molecule has 1 aromatic carbocycles. The van der Waals surface area contributed by atoms with Crippen LogP contribution in [-0.4, -0.2) is 22.7 Å². The molecule has 17 heavy (non-hydrogen) atoms. The number of hydrogen-bond donors (Lipinski definition) is 1. The second-order valence-corrected chi connectivity index (χ2v) is 6.34. The van der Waals surface area contributed by atoms with Crippen LogP contribution < -0.4 is 5.73 Å². The van der Waals surface area contributed by atoms with Gasteiger partial charge >= 0.3 is 0 Å². The fraction of sp³-hybridized carbons (Fsp3) is 0.538. The minimum atomic E-state index is -1.06. The fourth-order valence-electron chi connectivity index (χ4n) is 1.39. The van der Waals surface area contributed by atoms with Gasteiger partial charge in [-0.05, 0) is 44.9 Å². The Hall–Kier alpha value is -0.870. The van der Waals surface area contributed by atoms with Crippen molar-refractivity contribution in [3.8, 4) is 0 Å². The Bertz CT molecular complexity index is 416. The third-order valence-corrected chi connectivity index (χ3v) is 4.28. The summed E-state index contributed by atoms with van der Waals surface area (Å²) in [6.45, 7) is 5.95. The monoisotopic (exact) mass is 255 g/mol. The first-order valence-corrected chi connectivity index (χ1v) is 6.97. The predicted molar refractivity (Wildman–Crippen MR) is 72.6 cm³/mol. The van der Waals surface area contributed by atoms with Gasteiger partial charge in [0.15, 0.2) is 0 Å². The van der Waals surface area contributed by atoms with Gasteiger partial charge in [-0.3, -0.25) is 4.21 Å². The Balaban J connectivity index is 2.74. The highest BCUT2D eigenvalue weighted by molar-refractivity contribution is 7.85. The van der Waals surface area contributed by atoms with Crippen molar-refractivity contribution >= 4 is 16.5 Å². The number of anilines is 1. The van der Waals surface area contributed by atoms with E-state index in [4.69, 9.17) is 10.5 Å². The lowest BCUT2D eigenvalue weighted by molar-refractivity contribution is 0.0205. The number of aryl methyl sites for hydroxylation is 1. The summed E-state index contributed by atoms with van der Waals surface area (Å²) in [6, 6.07) is 5.63. The third kappa shape index (κ3) is 4.13. The molecule has 1 atom stereocenters. The second kappa shape index (κ2) is 5.65. The van der Waals surface area contributed by atoms with Crippen LogP contribution in [0.2, 0.25) is 0 Å². The van der Waals surface area contributed by atoms with Gasteiger partial charge < -0.3 is 10.5 Å². The van der Waals surface area contributed by atoms with Crippen molar-refractivity contribution in [3.05, 3.63) is 23.8 Å². The molecule has 0 aromatic heterocycles. The zero-order chi connectivity index (χ0) is 13.1. The molecule has 0 aliphatic carbocycles. The van der Waals surface area contributed by atoms with Gasteiger partial charge in [0.2, 0.25) is 0 Å². The molecule has 0 aliphatic rings. The van der Waals surface area contributed by atoms with E-state index in [9.17, 15) is 4.21 Å². The van der Waals surface area contributed by atoms with Gasteiger partial charge in [0, 0.05) is 18.6 Å². The summed E-state index contributed by atoms with van der Waals surface area (Å²) >= 11 is 0. The van der Waals surface area contributed by atoms with Crippen LogP contribution in [0.3, 0.4) is 0 Å². The van der Waals surface area contributed by atoms with Crippen LogP contribution in [-0.2, 0) is 15.5 Å². The van der Waals surface area contributed by atoms with Gasteiger partial charge in [-0.25, -0.2) is 0 Å². The van der Waals surface area contributed by atoms with Crippen LogP contribution in [0.1, 0.15) is 25.8 Å². The minimum Gasteiger partial charge on any atom is -0.398 e. The number of ether oxygens (including phenoxy) is 1. The van der Waals surface area contributed by atoms with Gasteiger partial charge in [0.05, 0.1) is 21.3 Å². The van der Waals surface area contributed by atoms with Crippen molar-refractivity contribution < 1.29 is 8.95 Å². The van der Waals surface area contributed by atoms with Gasteiger partial charge in [0.1, 0.15) is 0 Å². The molecular weight excluding hydrogens is 234 g/mol. The van der Waals surface area contributed by atoms with E-state index >= 15 is 0 Å². The molecule has 0 heterocycles. The lowest BCUT2D eigenvalue weighted by atomic mass is 10.1. The van der Waals surface area contributed by atoms with Crippen LogP contribution in [0.25, 0.3) is 0 Å². The number of benzene rings is 1. The van der Waals surface area contributed by atoms with E-state index in [0.29, 0.717) is 11.4 Å². The van der Waals surface area contributed by atoms with Gasteiger partial charge in [-0.15, -0.1) is 0 Å². The maximum Gasteiger partial charge on any atom is 0.0631 e. The van der Waals surface area contributed by atoms with Crippen molar-refractivity contribution in [3.63, 3.8) is 0 Å². The van der Waals surface area contributed by atoms with E-state index in [0.717, 1.165) is 16.9 Å². The van der Waals surface area contributed by atoms with Crippen molar-refractivity contribution in [2.45, 2.75) is 37.7 Å². The highest BCUT2D eigenvalue weighted by atomic mass is 32.2.